The van der Waals surface area contributed by atoms with E-state index < -0.39 is 12.0 Å². The van der Waals surface area contributed by atoms with Crippen molar-refractivity contribution in [1.82, 2.24) is 4.90 Å². The highest BCUT2D eigenvalue weighted by Gasteiger charge is 2.33. The fourth-order valence-electron chi connectivity index (χ4n) is 2.22. The van der Waals surface area contributed by atoms with Crippen molar-refractivity contribution in [3.63, 3.8) is 0 Å². The third-order valence-electron chi connectivity index (χ3n) is 3.09. The van der Waals surface area contributed by atoms with E-state index in [0.717, 1.165) is 21.5 Å². The van der Waals surface area contributed by atoms with Crippen molar-refractivity contribution in [2.45, 2.75) is 32.2 Å². The predicted octanol–water partition coefficient (Wildman–Crippen LogP) is 2.90. The summed E-state index contributed by atoms with van der Waals surface area (Å²) in [5.74, 6) is -1.09. The van der Waals surface area contributed by atoms with E-state index in [1.54, 1.807) is 0 Å². The van der Waals surface area contributed by atoms with Gasteiger partial charge < -0.3 is 10.0 Å². The van der Waals surface area contributed by atoms with Crippen LogP contribution in [0.2, 0.25) is 0 Å². The Hall–Kier alpha value is -0.880. The standard InChI is InChI=1S/C12H14BrNO3S/c1-7-6-8(10(13)18-7)11(15)14-5-3-2-4-9(14)12(16)17/h6,9H,2-5H2,1H3,(H,16,17). The third-order valence-corrected chi connectivity index (χ3v) is 4.84. The minimum atomic E-state index is -0.911. The van der Waals surface area contributed by atoms with Crippen LogP contribution < -0.4 is 0 Å². The fourth-order valence-corrected chi connectivity index (χ4v) is 3.98. The summed E-state index contributed by atoms with van der Waals surface area (Å²) in [4.78, 5) is 26.1. The van der Waals surface area contributed by atoms with Gasteiger partial charge in [0.15, 0.2) is 0 Å². The minimum absolute atomic E-state index is 0.182. The topological polar surface area (TPSA) is 57.6 Å². The number of thiophene rings is 1. The second-order valence-corrected chi connectivity index (χ2v) is 6.97. The first kappa shape index (κ1) is 13.5. The number of aryl methyl sites for hydroxylation is 1. The van der Waals surface area contributed by atoms with Gasteiger partial charge in [-0.1, -0.05) is 0 Å². The van der Waals surface area contributed by atoms with Gasteiger partial charge in [0.25, 0.3) is 5.91 Å². The zero-order chi connectivity index (χ0) is 13.3. The minimum Gasteiger partial charge on any atom is -0.480 e. The summed E-state index contributed by atoms with van der Waals surface area (Å²) in [6.45, 7) is 2.45. The SMILES string of the molecule is Cc1cc(C(=O)N2CCCCC2C(=O)O)c(Br)s1. The lowest BCUT2D eigenvalue weighted by atomic mass is 10.0. The number of carboxylic acid groups (broad SMARTS) is 1. The number of carbonyl (C=O) groups is 2. The Kier molecular flexibility index (Phi) is 4.07. The van der Waals surface area contributed by atoms with Crippen LogP contribution in [0.25, 0.3) is 0 Å². The van der Waals surface area contributed by atoms with Gasteiger partial charge in [0.05, 0.1) is 9.35 Å². The molecule has 6 heteroatoms. The van der Waals surface area contributed by atoms with Gasteiger partial charge in [-0.15, -0.1) is 11.3 Å². The number of amides is 1. The van der Waals surface area contributed by atoms with Crippen molar-refractivity contribution in [3.05, 3.63) is 20.3 Å². The molecule has 1 saturated heterocycles. The molecule has 1 atom stereocenters. The van der Waals surface area contributed by atoms with E-state index in [1.165, 1.54) is 16.2 Å². The lowest BCUT2D eigenvalue weighted by Crippen LogP contribution is -2.47. The number of carboxylic acids is 1. The van der Waals surface area contributed by atoms with Crippen LogP contribution in [-0.4, -0.2) is 34.5 Å². The summed E-state index contributed by atoms with van der Waals surface area (Å²) in [5, 5.41) is 9.18. The second kappa shape index (κ2) is 5.40. The molecule has 0 aromatic carbocycles. The van der Waals surface area contributed by atoms with Crippen molar-refractivity contribution >= 4 is 39.1 Å². The maximum absolute atomic E-state index is 12.4. The van der Waals surface area contributed by atoms with Crippen molar-refractivity contribution in [2.24, 2.45) is 0 Å². The number of rotatable bonds is 2. The van der Waals surface area contributed by atoms with Crippen LogP contribution in [0.4, 0.5) is 0 Å². The molecule has 1 N–H and O–H groups in total. The molecule has 0 bridgehead atoms. The lowest BCUT2D eigenvalue weighted by Gasteiger charge is -2.32. The Bertz CT molecular complexity index is 486. The van der Waals surface area contributed by atoms with Crippen molar-refractivity contribution < 1.29 is 14.7 Å². The van der Waals surface area contributed by atoms with E-state index in [4.69, 9.17) is 0 Å². The summed E-state index contributed by atoms with van der Waals surface area (Å²) in [6.07, 6.45) is 2.28. The van der Waals surface area contributed by atoms with Gasteiger partial charge >= 0.3 is 5.97 Å². The molecule has 1 aliphatic rings. The van der Waals surface area contributed by atoms with Crippen LogP contribution in [0, 0.1) is 6.92 Å². The first-order valence-electron chi connectivity index (χ1n) is 5.80. The molecule has 1 amide bonds. The molecule has 0 radical (unpaired) electrons. The fraction of sp³-hybridized carbons (Fsp3) is 0.500. The third kappa shape index (κ3) is 2.59. The molecule has 0 saturated carbocycles. The van der Waals surface area contributed by atoms with E-state index in [0.29, 0.717) is 18.5 Å². The van der Waals surface area contributed by atoms with Gasteiger partial charge in [-0.3, -0.25) is 4.79 Å². The number of piperidine rings is 1. The average molecular weight is 332 g/mol. The van der Waals surface area contributed by atoms with E-state index in [2.05, 4.69) is 15.9 Å². The first-order chi connectivity index (χ1) is 8.50. The molecule has 18 heavy (non-hydrogen) atoms. The van der Waals surface area contributed by atoms with Crippen LogP contribution in [0.1, 0.15) is 34.5 Å². The highest BCUT2D eigenvalue weighted by molar-refractivity contribution is 9.11. The zero-order valence-electron chi connectivity index (χ0n) is 9.98. The second-order valence-electron chi connectivity index (χ2n) is 4.39. The number of aliphatic carboxylic acids is 1. The zero-order valence-corrected chi connectivity index (χ0v) is 12.4. The van der Waals surface area contributed by atoms with Gasteiger partial charge in [0.1, 0.15) is 6.04 Å². The molecular weight excluding hydrogens is 318 g/mol. The molecule has 1 aromatic heterocycles. The largest absolute Gasteiger partial charge is 0.480 e. The molecule has 98 valence electrons. The van der Waals surface area contributed by atoms with Gasteiger partial charge in [0, 0.05) is 11.4 Å². The average Bonchev–Trinajstić information content (AvgIpc) is 2.67. The Morgan fingerprint density at radius 1 is 1.50 bits per heavy atom. The monoisotopic (exact) mass is 331 g/mol. The molecule has 0 spiro atoms. The van der Waals surface area contributed by atoms with Crippen molar-refractivity contribution in [1.29, 1.82) is 0 Å². The number of carbonyl (C=O) groups excluding carboxylic acids is 1. The quantitative estimate of drug-likeness (QED) is 0.906. The molecule has 1 aromatic rings. The molecule has 0 aliphatic carbocycles. The predicted molar refractivity (Wildman–Crippen MR) is 73.1 cm³/mol. The molecule has 1 fully saturated rings. The Morgan fingerprint density at radius 2 is 2.22 bits per heavy atom. The van der Waals surface area contributed by atoms with Crippen LogP contribution in [0.15, 0.2) is 9.85 Å². The first-order valence-corrected chi connectivity index (χ1v) is 7.41. The summed E-state index contributed by atoms with van der Waals surface area (Å²) in [6, 6.07) is 1.13. The highest BCUT2D eigenvalue weighted by atomic mass is 79.9. The van der Waals surface area contributed by atoms with Crippen molar-refractivity contribution in [2.75, 3.05) is 6.54 Å². The molecule has 4 nitrogen and oxygen atoms in total. The molecular formula is C12H14BrNO3S. The molecule has 1 aliphatic heterocycles. The van der Waals surface area contributed by atoms with Crippen molar-refractivity contribution in [3.8, 4) is 0 Å². The number of likely N-dealkylation sites (tertiary alicyclic amines) is 1. The molecule has 2 rings (SSSR count). The lowest BCUT2D eigenvalue weighted by molar-refractivity contribution is -0.143. The van der Waals surface area contributed by atoms with E-state index in [-0.39, 0.29) is 5.91 Å². The number of halogens is 1. The summed E-state index contributed by atoms with van der Waals surface area (Å²) in [7, 11) is 0. The number of hydrogen-bond donors (Lipinski definition) is 1. The highest BCUT2D eigenvalue weighted by Crippen LogP contribution is 2.30. The summed E-state index contributed by atoms with van der Waals surface area (Å²) < 4.78 is 0.778. The van der Waals surface area contributed by atoms with Gasteiger partial charge in [0.2, 0.25) is 0 Å². The maximum atomic E-state index is 12.4. The van der Waals surface area contributed by atoms with Crippen LogP contribution in [0.3, 0.4) is 0 Å². The maximum Gasteiger partial charge on any atom is 0.326 e. The Morgan fingerprint density at radius 3 is 2.78 bits per heavy atom. The summed E-state index contributed by atoms with van der Waals surface area (Å²) >= 11 is 4.86. The summed E-state index contributed by atoms with van der Waals surface area (Å²) in [5.41, 5.74) is 0.575. The molecule has 1 unspecified atom stereocenters. The normalized spacial score (nSPS) is 19.9. The van der Waals surface area contributed by atoms with E-state index in [9.17, 15) is 14.7 Å². The van der Waals surface area contributed by atoms with Crippen LogP contribution in [0.5, 0.6) is 0 Å². The van der Waals surface area contributed by atoms with Crippen LogP contribution >= 0.6 is 27.3 Å². The van der Waals surface area contributed by atoms with Gasteiger partial charge in [-0.05, 0) is 48.2 Å². The smallest absolute Gasteiger partial charge is 0.326 e. The van der Waals surface area contributed by atoms with Gasteiger partial charge in [-0.2, -0.15) is 0 Å². The Labute approximate surface area is 118 Å². The molecule has 2 heterocycles. The Balaban J connectivity index is 2.26. The van der Waals surface area contributed by atoms with E-state index in [1.807, 2.05) is 13.0 Å². The number of nitrogens with zero attached hydrogens (tertiary/aromatic N) is 1. The van der Waals surface area contributed by atoms with Gasteiger partial charge in [-0.25, -0.2) is 4.79 Å². The van der Waals surface area contributed by atoms with E-state index >= 15 is 0 Å². The van der Waals surface area contributed by atoms with Crippen LogP contribution in [-0.2, 0) is 4.79 Å². The number of hydrogen-bond acceptors (Lipinski definition) is 3.